The number of allylic oxidation sites excluding steroid dienone is 2. The second-order valence-electron chi connectivity index (χ2n) is 19.0. The van der Waals surface area contributed by atoms with Gasteiger partial charge in [0.05, 0.1) is 40.3 Å². The standard InChI is InChI=1S/C53H57N7O8S/c1-7-51(3,4)33-15-26-44(41(31-33)52(5,6)8-2)67-30-12-29-55-49(63)45-39-27-28-53(45)40(47(39)62)24-25-43(61)48(53)68-37-20-16-35(17-21-37)59-69(65,66)38-22-18-34(19-23-38)56-57-46-42(32-54)58-60(50(46)64)36-13-10-9-11-14-36/h9-11,13-28,31,39-40,45,47,58-59,61-62H,7-8,12,29-30H2,1-6H3,(H,55,63). The van der Waals surface area contributed by atoms with E-state index in [9.17, 15) is 33.5 Å². The number of fused-ring (bicyclic) bond motifs is 1. The van der Waals surface area contributed by atoms with E-state index in [1.54, 1.807) is 36.4 Å². The molecule has 1 saturated carbocycles. The van der Waals surface area contributed by atoms with Gasteiger partial charge in [-0.15, -0.1) is 5.11 Å². The minimum Gasteiger partial charge on any atom is -0.504 e. The van der Waals surface area contributed by atoms with Crippen LogP contribution in [0, 0.1) is 34.5 Å². The van der Waals surface area contributed by atoms with Crippen LogP contribution < -0.4 is 25.1 Å². The summed E-state index contributed by atoms with van der Waals surface area (Å²) in [7, 11) is -4.09. The second kappa shape index (κ2) is 19.0. The number of rotatable bonds is 18. The number of ether oxygens (including phenoxy) is 2. The Labute approximate surface area is 402 Å². The summed E-state index contributed by atoms with van der Waals surface area (Å²) < 4.78 is 43.3. The number of sulfonamides is 1. The van der Waals surface area contributed by atoms with Gasteiger partial charge in [0.15, 0.2) is 22.9 Å². The van der Waals surface area contributed by atoms with Gasteiger partial charge < -0.3 is 25.0 Å². The Morgan fingerprint density at radius 2 is 1.65 bits per heavy atom. The fraction of sp³-hybridized carbons (Fsp3) is 0.340. The average Bonchev–Trinajstić information content (AvgIpc) is 3.97. The number of aromatic nitrogens is 2. The molecule has 5 atom stereocenters. The van der Waals surface area contributed by atoms with E-state index < -0.39 is 44.9 Å². The van der Waals surface area contributed by atoms with E-state index in [1.165, 1.54) is 64.9 Å². The molecule has 1 aromatic heterocycles. The van der Waals surface area contributed by atoms with Crippen LogP contribution in [0.4, 0.5) is 17.1 Å². The number of azo groups is 1. The summed E-state index contributed by atoms with van der Waals surface area (Å²) in [5.74, 6) is -1.09. The second-order valence-corrected chi connectivity index (χ2v) is 20.6. The number of nitrogens with one attached hydrogen (secondary N) is 3. The quantitative estimate of drug-likeness (QED) is 0.0320. The Bertz CT molecular complexity index is 3070. The first kappa shape index (κ1) is 48.2. The molecule has 0 radical (unpaired) electrons. The van der Waals surface area contributed by atoms with Crippen molar-refractivity contribution in [3.8, 4) is 23.3 Å². The number of nitriles is 1. The molecular weight excluding hydrogens is 895 g/mol. The van der Waals surface area contributed by atoms with Crippen LogP contribution in [0.5, 0.6) is 11.5 Å². The number of hydrogen-bond donors (Lipinski definition) is 5. The molecule has 5 aromatic rings. The maximum Gasteiger partial charge on any atom is 0.300 e. The summed E-state index contributed by atoms with van der Waals surface area (Å²) in [5.41, 5.74) is 1.32. The molecule has 1 heterocycles. The van der Waals surface area contributed by atoms with Gasteiger partial charge in [-0.3, -0.25) is 19.4 Å². The number of carbonyl (C=O) groups is 1. The van der Waals surface area contributed by atoms with Crippen molar-refractivity contribution in [3.63, 3.8) is 0 Å². The molecule has 4 aromatic carbocycles. The molecule has 69 heavy (non-hydrogen) atoms. The number of nitrogens with zero attached hydrogens (tertiary/aromatic N) is 4. The van der Waals surface area contributed by atoms with Gasteiger partial charge in [0.2, 0.25) is 5.91 Å². The van der Waals surface area contributed by atoms with Crippen molar-refractivity contribution in [2.45, 2.75) is 82.6 Å². The van der Waals surface area contributed by atoms with Crippen LogP contribution in [0.3, 0.4) is 0 Å². The van der Waals surface area contributed by atoms with Crippen LogP contribution in [-0.4, -0.2) is 53.6 Å². The summed E-state index contributed by atoms with van der Waals surface area (Å²) in [4.78, 5) is 27.1. The number of H-pyrrole nitrogens is 1. The zero-order chi connectivity index (χ0) is 49.3. The van der Waals surface area contributed by atoms with Gasteiger partial charge in [0.1, 0.15) is 17.6 Å². The molecule has 3 aliphatic carbocycles. The van der Waals surface area contributed by atoms with Crippen molar-refractivity contribution >= 4 is 33.0 Å². The van der Waals surface area contributed by atoms with Gasteiger partial charge in [-0.2, -0.15) is 10.4 Å². The van der Waals surface area contributed by atoms with E-state index in [2.05, 4.69) is 85.1 Å². The molecule has 1 fully saturated rings. The number of aromatic amines is 1. The predicted octanol–water partition coefficient (Wildman–Crippen LogP) is 9.71. The molecule has 8 rings (SSSR count). The SMILES string of the molecule is CCC(C)(C)c1ccc(OCCCNC(=O)C2C3C=CC24C(Oc2ccc(NS(=O)(=O)c5ccc(N=Nc6c(C#N)[nH]n(-c7ccccc7)c6=O)cc5)cc2)=C(O)C=CC4C3O)c(C(C)(C)CC)c1. The van der Waals surface area contributed by atoms with Crippen molar-refractivity contribution in [3.05, 3.63) is 160 Å². The molecule has 1 amide bonds. The van der Waals surface area contributed by atoms with Gasteiger partial charge >= 0.3 is 0 Å². The lowest BCUT2D eigenvalue weighted by atomic mass is 9.68. The van der Waals surface area contributed by atoms with E-state index in [1.807, 2.05) is 18.2 Å². The summed E-state index contributed by atoms with van der Waals surface area (Å²) in [6, 6.07) is 28.6. The summed E-state index contributed by atoms with van der Waals surface area (Å²) >= 11 is 0. The van der Waals surface area contributed by atoms with Crippen molar-refractivity contribution in [2.75, 3.05) is 17.9 Å². The Balaban J connectivity index is 0.903. The van der Waals surface area contributed by atoms with Gasteiger partial charge in [-0.05, 0) is 108 Å². The van der Waals surface area contributed by atoms with E-state index >= 15 is 0 Å². The van der Waals surface area contributed by atoms with Crippen LogP contribution in [0.2, 0.25) is 0 Å². The number of carbonyl (C=O) groups excluding carboxylic acids is 1. The summed E-state index contributed by atoms with van der Waals surface area (Å²) in [6.45, 7) is 14.0. The Morgan fingerprint density at radius 3 is 2.33 bits per heavy atom. The average molecular weight is 952 g/mol. The fourth-order valence-corrected chi connectivity index (χ4v) is 10.3. The minimum atomic E-state index is -4.09. The largest absolute Gasteiger partial charge is 0.504 e. The van der Waals surface area contributed by atoms with Crippen LogP contribution in [0.25, 0.3) is 5.69 Å². The van der Waals surface area contributed by atoms with E-state index in [4.69, 9.17) is 9.47 Å². The number of aliphatic hydroxyl groups excluding tert-OH is 2. The van der Waals surface area contributed by atoms with Crippen molar-refractivity contribution in [2.24, 2.45) is 33.4 Å². The topological polar surface area (TPSA) is 220 Å². The molecule has 2 bridgehead atoms. The Hall–Kier alpha value is -7.22. The third-order valence-corrected chi connectivity index (χ3v) is 15.4. The van der Waals surface area contributed by atoms with Gasteiger partial charge in [-0.1, -0.05) is 90.1 Å². The highest BCUT2D eigenvalue weighted by Crippen LogP contribution is 2.63. The normalized spacial score (nSPS) is 20.8. The molecule has 15 nitrogen and oxygen atoms in total. The Morgan fingerprint density at radius 1 is 0.942 bits per heavy atom. The highest BCUT2D eigenvalue weighted by Gasteiger charge is 2.67. The van der Waals surface area contributed by atoms with Gasteiger partial charge in [0, 0.05) is 29.6 Å². The molecule has 1 spiro atoms. The number of benzene rings is 4. The Kier molecular flexibility index (Phi) is 13.3. The van der Waals surface area contributed by atoms with E-state index in [0.717, 1.165) is 24.2 Å². The highest BCUT2D eigenvalue weighted by molar-refractivity contribution is 7.92. The zero-order valence-corrected chi connectivity index (χ0v) is 40.2. The molecule has 16 heteroatoms. The molecule has 3 aliphatic rings. The summed E-state index contributed by atoms with van der Waals surface area (Å²) in [5, 5.41) is 46.2. The molecule has 5 N–H and O–H groups in total. The zero-order valence-electron chi connectivity index (χ0n) is 39.4. The first-order valence-electron chi connectivity index (χ1n) is 23.1. The third-order valence-electron chi connectivity index (χ3n) is 14.0. The van der Waals surface area contributed by atoms with Crippen LogP contribution in [0.1, 0.15) is 77.6 Å². The third kappa shape index (κ3) is 9.24. The number of amides is 1. The monoisotopic (exact) mass is 951 g/mol. The van der Waals surface area contributed by atoms with E-state index in [0.29, 0.717) is 25.3 Å². The van der Waals surface area contributed by atoms with E-state index in [-0.39, 0.29) is 61.7 Å². The smallest absolute Gasteiger partial charge is 0.300 e. The number of anilines is 1. The van der Waals surface area contributed by atoms with Crippen molar-refractivity contribution in [1.82, 2.24) is 15.1 Å². The molecular formula is C53H57N7O8S. The number of para-hydroxylation sites is 1. The first-order valence-corrected chi connectivity index (χ1v) is 24.6. The number of aliphatic hydroxyl groups is 2. The van der Waals surface area contributed by atoms with Gasteiger partial charge in [0.25, 0.3) is 15.6 Å². The van der Waals surface area contributed by atoms with Crippen molar-refractivity contribution < 1.29 is 32.9 Å². The lowest BCUT2D eigenvalue weighted by Crippen LogP contribution is -2.44. The molecule has 358 valence electrons. The van der Waals surface area contributed by atoms with Crippen LogP contribution in [0.15, 0.2) is 153 Å². The van der Waals surface area contributed by atoms with Crippen LogP contribution in [-0.2, 0) is 25.6 Å². The maximum atomic E-state index is 14.1. The predicted molar refractivity (Wildman–Crippen MR) is 263 cm³/mol. The number of hydrogen-bond acceptors (Lipinski definition) is 11. The molecule has 0 saturated heterocycles. The van der Waals surface area contributed by atoms with Crippen LogP contribution >= 0.6 is 0 Å². The molecule has 5 unspecified atom stereocenters. The first-order chi connectivity index (χ1) is 32.9. The highest BCUT2D eigenvalue weighted by atomic mass is 32.2. The minimum absolute atomic E-state index is 0.0338. The maximum absolute atomic E-state index is 14.1. The van der Waals surface area contributed by atoms with Gasteiger partial charge in [-0.25, -0.2) is 13.1 Å². The molecule has 0 aliphatic heterocycles. The van der Waals surface area contributed by atoms with Crippen molar-refractivity contribution in [1.29, 1.82) is 5.26 Å². The summed E-state index contributed by atoms with van der Waals surface area (Å²) in [6.07, 6.45) is 8.45. The lowest BCUT2D eigenvalue weighted by Gasteiger charge is -2.38. The lowest BCUT2D eigenvalue weighted by molar-refractivity contribution is -0.128. The fourth-order valence-electron chi connectivity index (χ4n) is 9.28.